The molecule has 1 rings (SSSR count). The van der Waals surface area contributed by atoms with Crippen LogP contribution in [0.5, 0.6) is 0 Å². The predicted octanol–water partition coefficient (Wildman–Crippen LogP) is 1.56. The van der Waals surface area contributed by atoms with Gasteiger partial charge in [0, 0.05) is 19.6 Å². The van der Waals surface area contributed by atoms with E-state index >= 15 is 0 Å². The fourth-order valence-electron chi connectivity index (χ4n) is 2.13. The lowest BCUT2D eigenvalue weighted by atomic mass is 10.0. The first kappa shape index (κ1) is 13.3. The van der Waals surface area contributed by atoms with Crippen molar-refractivity contribution < 1.29 is 4.79 Å². The summed E-state index contributed by atoms with van der Waals surface area (Å²) < 4.78 is 0. The summed E-state index contributed by atoms with van der Waals surface area (Å²) in [5, 5.41) is 2.98. The summed E-state index contributed by atoms with van der Waals surface area (Å²) >= 11 is 0. The molecule has 4 nitrogen and oxygen atoms in total. The van der Waals surface area contributed by atoms with Crippen molar-refractivity contribution in [2.75, 3.05) is 26.2 Å². The third-order valence-electron chi connectivity index (χ3n) is 3.10. The number of unbranched alkanes of at least 4 members (excludes halogenated alkanes) is 2. The van der Waals surface area contributed by atoms with E-state index in [4.69, 9.17) is 5.73 Å². The lowest BCUT2D eigenvalue weighted by molar-refractivity contribution is 0.169. The molecule has 0 aromatic carbocycles. The van der Waals surface area contributed by atoms with E-state index in [1.54, 1.807) is 0 Å². The molecule has 94 valence electrons. The maximum Gasteiger partial charge on any atom is 0.317 e. The highest BCUT2D eigenvalue weighted by atomic mass is 16.2. The number of nitrogens with two attached hydrogens (primary N) is 1. The molecule has 16 heavy (non-hydrogen) atoms. The summed E-state index contributed by atoms with van der Waals surface area (Å²) in [5.74, 6) is 0.650. The van der Waals surface area contributed by atoms with Gasteiger partial charge >= 0.3 is 6.03 Å². The summed E-state index contributed by atoms with van der Waals surface area (Å²) in [4.78, 5) is 13.7. The van der Waals surface area contributed by atoms with Crippen molar-refractivity contribution in [3.05, 3.63) is 0 Å². The number of nitrogens with one attached hydrogen (secondary N) is 1. The molecule has 4 heteroatoms. The number of rotatable bonds is 5. The van der Waals surface area contributed by atoms with Crippen LogP contribution in [0.1, 0.15) is 39.0 Å². The monoisotopic (exact) mass is 227 g/mol. The standard InChI is InChI=1S/C12H25N3O/c1-11-6-5-9-15(10-11)12(16)14-8-4-2-3-7-13/h11H,2-10,13H2,1H3,(H,14,16). The minimum atomic E-state index is 0.110. The number of hydrogen-bond acceptors (Lipinski definition) is 2. The van der Waals surface area contributed by atoms with Crippen LogP contribution in [0, 0.1) is 5.92 Å². The van der Waals surface area contributed by atoms with Crippen molar-refractivity contribution >= 4 is 6.03 Å². The van der Waals surface area contributed by atoms with Gasteiger partial charge < -0.3 is 16.0 Å². The molecule has 0 bridgehead atoms. The van der Waals surface area contributed by atoms with E-state index in [2.05, 4.69) is 12.2 Å². The van der Waals surface area contributed by atoms with E-state index in [1.165, 1.54) is 6.42 Å². The quantitative estimate of drug-likeness (QED) is 0.700. The van der Waals surface area contributed by atoms with Crippen LogP contribution in [0.3, 0.4) is 0 Å². The Balaban J connectivity index is 2.09. The van der Waals surface area contributed by atoms with E-state index in [0.29, 0.717) is 5.92 Å². The molecule has 1 saturated heterocycles. The number of hydrogen-bond donors (Lipinski definition) is 2. The predicted molar refractivity (Wildman–Crippen MR) is 66.3 cm³/mol. The molecular formula is C12H25N3O. The highest BCUT2D eigenvalue weighted by Crippen LogP contribution is 2.15. The Bertz CT molecular complexity index is 208. The number of nitrogens with zero attached hydrogens (tertiary/aromatic N) is 1. The number of amides is 2. The molecule has 3 N–H and O–H groups in total. The fourth-order valence-corrected chi connectivity index (χ4v) is 2.13. The molecule has 1 aliphatic heterocycles. The maximum absolute atomic E-state index is 11.8. The molecule has 0 aromatic rings. The van der Waals surface area contributed by atoms with E-state index in [9.17, 15) is 4.79 Å². The van der Waals surface area contributed by atoms with Crippen LogP contribution in [0.4, 0.5) is 4.79 Å². The summed E-state index contributed by atoms with van der Waals surface area (Å²) in [6, 6.07) is 0.110. The lowest BCUT2D eigenvalue weighted by Gasteiger charge is -2.30. The van der Waals surface area contributed by atoms with E-state index in [0.717, 1.165) is 51.9 Å². The van der Waals surface area contributed by atoms with Crippen molar-refractivity contribution in [3.63, 3.8) is 0 Å². The Morgan fingerprint density at radius 3 is 2.94 bits per heavy atom. The normalized spacial score (nSPS) is 20.9. The van der Waals surface area contributed by atoms with Crippen molar-refractivity contribution in [1.82, 2.24) is 10.2 Å². The van der Waals surface area contributed by atoms with Gasteiger partial charge in [0.05, 0.1) is 0 Å². The SMILES string of the molecule is CC1CCCN(C(=O)NCCCCCN)C1. The first-order chi connectivity index (χ1) is 7.74. The lowest BCUT2D eigenvalue weighted by Crippen LogP contribution is -2.45. The molecule has 0 spiro atoms. The van der Waals surface area contributed by atoms with Crippen molar-refractivity contribution in [2.45, 2.75) is 39.0 Å². The summed E-state index contributed by atoms with van der Waals surface area (Å²) in [7, 11) is 0. The highest BCUT2D eigenvalue weighted by molar-refractivity contribution is 5.74. The van der Waals surface area contributed by atoms with Crippen molar-refractivity contribution in [1.29, 1.82) is 0 Å². The van der Waals surface area contributed by atoms with Crippen LogP contribution >= 0.6 is 0 Å². The number of carbonyl (C=O) groups excluding carboxylic acids is 1. The van der Waals surface area contributed by atoms with Gasteiger partial charge in [0.25, 0.3) is 0 Å². The average Bonchev–Trinajstić information content (AvgIpc) is 2.28. The van der Waals surface area contributed by atoms with E-state index in [-0.39, 0.29) is 6.03 Å². The Morgan fingerprint density at radius 1 is 1.44 bits per heavy atom. The summed E-state index contributed by atoms with van der Waals surface area (Å²) in [5.41, 5.74) is 5.41. The maximum atomic E-state index is 11.8. The third kappa shape index (κ3) is 4.84. The molecule has 1 heterocycles. The zero-order chi connectivity index (χ0) is 11.8. The van der Waals surface area contributed by atoms with Gasteiger partial charge in [-0.2, -0.15) is 0 Å². The average molecular weight is 227 g/mol. The number of urea groups is 1. The van der Waals surface area contributed by atoms with Crippen molar-refractivity contribution in [2.24, 2.45) is 11.7 Å². The van der Waals surface area contributed by atoms with Gasteiger partial charge in [-0.3, -0.25) is 0 Å². The van der Waals surface area contributed by atoms with Gasteiger partial charge in [0.1, 0.15) is 0 Å². The van der Waals surface area contributed by atoms with Gasteiger partial charge in [-0.1, -0.05) is 13.3 Å². The molecular weight excluding hydrogens is 202 g/mol. The van der Waals surface area contributed by atoms with Gasteiger partial charge in [-0.25, -0.2) is 4.79 Å². The largest absolute Gasteiger partial charge is 0.338 e. The summed E-state index contributed by atoms with van der Waals surface area (Å²) in [6.07, 6.45) is 5.58. The number of likely N-dealkylation sites (tertiary alicyclic amines) is 1. The van der Waals surface area contributed by atoms with Crippen LogP contribution in [-0.4, -0.2) is 37.1 Å². The fraction of sp³-hybridized carbons (Fsp3) is 0.917. The molecule has 1 aliphatic rings. The number of piperidine rings is 1. The van der Waals surface area contributed by atoms with Gasteiger partial charge in [0.2, 0.25) is 0 Å². The second kappa shape index (κ2) is 7.49. The Kier molecular flexibility index (Phi) is 6.23. The zero-order valence-electron chi connectivity index (χ0n) is 10.4. The van der Waals surface area contributed by atoms with Crippen LogP contribution in [0.15, 0.2) is 0 Å². The van der Waals surface area contributed by atoms with Crippen LogP contribution in [0.2, 0.25) is 0 Å². The smallest absolute Gasteiger partial charge is 0.317 e. The summed E-state index contributed by atoms with van der Waals surface area (Å²) in [6.45, 7) is 5.57. The molecule has 0 saturated carbocycles. The molecule has 0 aliphatic carbocycles. The Labute approximate surface area is 98.6 Å². The molecule has 2 amide bonds. The minimum Gasteiger partial charge on any atom is -0.338 e. The minimum absolute atomic E-state index is 0.110. The molecule has 0 aromatic heterocycles. The second-order valence-electron chi connectivity index (χ2n) is 4.77. The van der Waals surface area contributed by atoms with Gasteiger partial charge in [0.15, 0.2) is 0 Å². The molecule has 1 atom stereocenters. The highest BCUT2D eigenvalue weighted by Gasteiger charge is 2.20. The van der Waals surface area contributed by atoms with Crippen LogP contribution in [0.25, 0.3) is 0 Å². The molecule has 1 fully saturated rings. The van der Waals surface area contributed by atoms with Crippen LogP contribution < -0.4 is 11.1 Å². The molecule has 1 unspecified atom stereocenters. The third-order valence-corrected chi connectivity index (χ3v) is 3.10. The first-order valence-electron chi connectivity index (χ1n) is 6.47. The second-order valence-corrected chi connectivity index (χ2v) is 4.77. The first-order valence-corrected chi connectivity index (χ1v) is 6.47. The number of carbonyl (C=O) groups is 1. The Hall–Kier alpha value is -0.770. The van der Waals surface area contributed by atoms with Gasteiger partial charge in [-0.05, 0) is 38.1 Å². The van der Waals surface area contributed by atoms with Crippen molar-refractivity contribution in [3.8, 4) is 0 Å². The van der Waals surface area contributed by atoms with E-state index < -0.39 is 0 Å². The zero-order valence-corrected chi connectivity index (χ0v) is 10.4. The van der Waals surface area contributed by atoms with E-state index in [1.807, 2.05) is 4.90 Å². The van der Waals surface area contributed by atoms with Gasteiger partial charge in [-0.15, -0.1) is 0 Å². The molecule has 0 radical (unpaired) electrons. The topological polar surface area (TPSA) is 58.4 Å². The van der Waals surface area contributed by atoms with Crippen LogP contribution in [-0.2, 0) is 0 Å². The Morgan fingerprint density at radius 2 is 2.25 bits per heavy atom.